The molecule has 2 amide bonds. The van der Waals surface area contributed by atoms with Crippen LogP contribution in [0.25, 0.3) is 5.65 Å². The zero-order valence-electron chi connectivity index (χ0n) is 20.2. The SMILES string of the molecule is C[C@@H](Nc1ccn2ncc(NC(=O)Oc3ccccc3)c2n1)c1cc(F)ccc1OCC(CO)NC(=O)O. The number of aliphatic hydroxyl groups is 1. The highest BCUT2D eigenvalue weighted by Crippen LogP contribution is 2.29. The fourth-order valence-electron chi connectivity index (χ4n) is 3.56. The molecular weight excluding hydrogens is 499 g/mol. The average Bonchev–Trinajstić information content (AvgIpc) is 3.29. The van der Waals surface area contributed by atoms with Crippen molar-refractivity contribution >= 4 is 29.3 Å². The minimum absolute atomic E-state index is 0.164. The number of aliphatic hydroxyl groups excluding tert-OH is 1. The van der Waals surface area contributed by atoms with E-state index in [2.05, 4.69) is 26.0 Å². The number of fused-ring (bicyclic) bond motifs is 1. The van der Waals surface area contributed by atoms with E-state index in [0.717, 1.165) is 0 Å². The Kier molecular flexibility index (Phi) is 8.18. The van der Waals surface area contributed by atoms with Crippen molar-refractivity contribution in [2.45, 2.75) is 19.0 Å². The lowest BCUT2D eigenvalue weighted by Gasteiger charge is -2.21. The minimum Gasteiger partial charge on any atom is -0.491 e. The second-order valence-corrected chi connectivity index (χ2v) is 8.15. The average molecular weight is 525 g/mol. The van der Waals surface area contributed by atoms with E-state index in [4.69, 9.17) is 14.6 Å². The molecule has 0 saturated heterocycles. The predicted octanol–water partition coefficient (Wildman–Crippen LogP) is 3.66. The molecule has 0 aliphatic carbocycles. The number of aromatic nitrogens is 3. The van der Waals surface area contributed by atoms with Crippen LogP contribution in [0.1, 0.15) is 18.5 Å². The molecule has 2 atom stereocenters. The summed E-state index contributed by atoms with van der Waals surface area (Å²) in [5.74, 6) is 0.586. The highest BCUT2D eigenvalue weighted by atomic mass is 19.1. The van der Waals surface area contributed by atoms with E-state index < -0.39 is 36.7 Å². The molecule has 198 valence electrons. The smallest absolute Gasteiger partial charge is 0.417 e. The Bertz CT molecular complexity index is 1420. The predicted molar refractivity (Wildman–Crippen MR) is 135 cm³/mol. The molecule has 5 N–H and O–H groups in total. The van der Waals surface area contributed by atoms with Gasteiger partial charge in [-0.2, -0.15) is 5.10 Å². The fourth-order valence-corrected chi connectivity index (χ4v) is 3.56. The third kappa shape index (κ3) is 6.64. The van der Waals surface area contributed by atoms with Crippen LogP contribution in [-0.4, -0.2) is 56.3 Å². The zero-order valence-corrected chi connectivity index (χ0v) is 20.2. The maximum absolute atomic E-state index is 14.1. The van der Waals surface area contributed by atoms with E-state index in [-0.39, 0.29) is 6.61 Å². The molecule has 0 fully saturated rings. The van der Waals surface area contributed by atoms with Crippen LogP contribution < -0.4 is 25.4 Å². The molecule has 0 saturated carbocycles. The van der Waals surface area contributed by atoms with Crippen LogP contribution in [0, 0.1) is 5.82 Å². The van der Waals surface area contributed by atoms with Gasteiger partial charge >= 0.3 is 12.2 Å². The summed E-state index contributed by atoms with van der Waals surface area (Å²) in [6.45, 7) is 1.13. The largest absolute Gasteiger partial charge is 0.491 e. The first-order valence-corrected chi connectivity index (χ1v) is 11.5. The number of carboxylic acid groups (broad SMARTS) is 1. The molecule has 0 spiro atoms. The van der Waals surface area contributed by atoms with E-state index in [1.54, 1.807) is 49.5 Å². The highest BCUT2D eigenvalue weighted by molar-refractivity contribution is 5.90. The van der Waals surface area contributed by atoms with Crippen molar-refractivity contribution in [1.82, 2.24) is 19.9 Å². The number of benzene rings is 2. The number of halogens is 1. The Morgan fingerprint density at radius 1 is 1.16 bits per heavy atom. The maximum Gasteiger partial charge on any atom is 0.417 e. The number of hydrogen-bond acceptors (Lipinski definition) is 8. The number of nitrogens with one attached hydrogen (secondary N) is 3. The van der Waals surface area contributed by atoms with Gasteiger partial charge in [-0.3, -0.25) is 5.32 Å². The quantitative estimate of drug-likeness (QED) is 0.209. The molecule has 12 nitrogen and oxygen atoms in total. The Labute approximate surface area is 216 Å². The summed E-state index contributed by atoms with van der Waals surface area (Å²) in [5, 5.41) is 30.3. The van der Waals surface area contributed by atoms with Crippen molar-refractivity contribution in [3.8, 4) is 11.5 Å². The standard InChI is InChI=1S/C25H25FN6O6/c1-15(19-11-16(26)7-8-21(19)37-14-17(13-33)29-24(34)35)28-22-9-10-32-23(31-22)20(12-27-32)30-25(36)38-18-5-3-2-4-6-18/h2-12,15,17,29,33H,13-14H2,1H3,(H,28,31)(H,30,36)(H,34,35)/t15-,17?/m1/s1. The number of ether oxygens (including phenoxy) is 2. The second kappa shape index (κ2) is 11.9. The van der Waals surface area contributed by atoms with Crippen LogP contribution >= 0.6 is 0 Å². The summed E-state index contributed by atoms with van der Waals surface area (Å²) in [7, 11) is 0. The summed E-state index contributed by atoms with van der Waals surface area (Å²) >= 11 is 0. The molecule has 38 heavy (non-hydrogen) atoms. The van der Waals surface area contributed by atoms with Crippen LogP contribution in [0.2, 0.25) is 0 Å². The Hall–Kier alpha value is -4.91. The molecule has 1 unspecified atom stereocenters. The van der Waals surface area contributed by atoms with E-state index in [1.807, 2.05) is 0 Å². The molecule has 4 aromatic rings. The first-order valence-electron chi connectivity index (χ1n) is 11.5. The number of amides is 2. The molecule has 2 aromatic heterocycles. The number of carbonyl (C=O) groups is 2. The summed E-state index contributed by atoms with van der Waals surface area (Å²) in [6, 6.07) is 12.8. The summed E-state index contributed by atoms with van der Waals surface area (Å²) in [5.41, 5.74) is 1.10. The molecule has 13 heteroatoms. The topological polar surface area (TPSA) is 159 Å². The third-order valence-corrected chi connectivity index (χ3v) is 5.35. The van der Waals surface area contributed by atoms with Crippen molar-refractivity contribution < 1.29 is 33.7 Å². The van der Waals surface area contributed by atoms with Gasteiger partial charge in [0.1, 0.15) is 35.4 Å². The molecule has 2 aromatic carbocycles. The van der Waals surface area contributed by atoms with Gasteiger partial charge in [0, 0.05) is 11.8 Å². The molecule has 0 radical (unpaired) electrons. The van der Waals surface area contributed by atoms with Crippen LogP contribution in [-0.2, 0) is 0 Å². The number of rotatable bonds is 10. The number of para-hydroxylation sites is 1. The van der Waals surface area contributed by atoms with Gasteiger partial charge in [-0.05, 0) is 43.3 Å². The Morgan fingerprint density at radius 3 is 2.68 bits per heavy atom. The molecular formula is C25H25FN6O6. The lowest BCUT2D eigenvalue weighted by atomic mass is 10.1. The summed E-state index contributed by atoms with van der Waals surface area (Å²) in [4.78, 5) is 27.7. The first kappa shape index (κ1) is 26.2. The van der Waals surface area contributed by atoms with Crippen molar-refractivity contribution in [3.05, 3.63) is 78.4 Å². The van der Waals surface area contributed by atoms with Crippen LogP contribution in [0.15, 0.2) is 67.0 Å². The number of anilines is 2. The third-order valence-electron chi connectivity index (χ3n) is 5.35. The minimum atomic E-state index is -1.30. The summed E-state index contributed by atoms with van der Waals surface area (Å²) in [6.07, 6.45) is 1.06. The van der Waals surface area contributed by atoms with Crippen LogP contribution in [0.4, 0.5) is 25.5 Å². The Morgan fingerprint density at radius 2 is 1.95 bits per heavy atom. The van der Waals surface area contributed by atoms with Gasteiger partial charge in [-0.25, -0.2) is 23.5 Å². The van der Waals surface area contributed by atoms with Gasteiger partial charge in [0.15, 0.2) is 5.65 Å². The monoisotopic (exact) mass is 524 g/mol. The van der Waals surface area contributed by atoms with E-state index in [1.165, 1.54) is 28.9 Å². The molecule has 0 aliphatic rings. The van der Waals surface area contributed by atoms with Gasteiger partial charge in [0.05, 0.1) is 24.9 Å². The van der Waals surface area contributed by atoms with Gasteiger partial charge in [0.2, 0.25) is 0 Å². The normalized spacial score (nSPS) is 12.4. The van der Waals surface area contributed by atoms with Gasteiger partial charge in [0.25, 0.3) is 0 Å². The maximum atomic E-state index is 14.1. The van der Waals surface area contributed by atoms with E-state index in [9.17, 15) is 19.1 Å². The van der Waals surface area contributed by atoms with E-state index >= 15 is 0 Å². The first-order chi connectivity index (χ1) is 18.3. The molecule has 0 bridgehead atoms. The van der Waals surface area contributed by atoms with Crippen molar-refractivity contribution in [1.29, 1.82) is 0 Å². The van der Waals surface area contributed by atoms with E-state index in [0.29, 0.717) is 34.2 Å². The lowest BCUT2D eigenvalue weighted by molar-refractivity contribution is 0.156. The van der Waals surface area contributed by atoms with Crippen molar-refractivity contribution in [3.63, 3.8) is 0 Å². The highest BCUT2D eigenvalue weighted by Gasteiger charge is 2.18. The van der Waals surface area contributed by atoms with Crippen molar-refractivity contribution in [2.75, 3.05) is 23.8 Å². The van der Waals surface area contributed by atoms with Crippen LogP contribution in [0.5, 0.6) is 11.5 Å². The molecule has 0 aliphatic heterocycles. The Balaban J connectivity index is 1.48. The van der Waals surface area contributed by atoms with Gasteiger partial charge in [-0.15, -0.1) is 0 Å². The summed E-state index contributed by atoms with van der Waals surface area (Å²) < 4.78 is 26.5. The molecule has 4 rings (SSSR count). The van der Waals surface area contributed by atoms with Crippen LogP contribution in [0.3, 0.4) is 0 Å². The zero-order chi connectivity index (χ0) is 27.1. The molecule has 2 heterocycles. The van der Waals surface area contributed by atoms with Gasteiger partial charge < -0.3 is 30.3 Å². The van der Waals surface area contributed by atoms with Crippen molar-refractivity contribution in [2.24, 2.45) is 0 Å². The van der Waals surface area contributed by atoms with Gasteiger partial charge in [-0.1, -0.05) is 18.2 Å². The fraction of sp³-hybridized carbons (Fsp3) is 0.200. The lowest BCUT2D eigenvalue weighted by Crippen LogP contribution is -2.41. The number of nitrogens with zero attached hydrogens (tertiary/aromatic N) is 3. The second-order valence-electron chi connectivity index (χ2n) is 8.15. The number of carbonyl (C=O) groups excluding carboxylic acids is 1. The number of hydrogen-bond donors (Lipinski definition) is 5.